The normalized spacial score (nSPS) is 14.0. The molecule has 5 heterocycles. The van der Waals surface area contributed by atoms with Crippen LogP contribution in [0.5, 0.6) is 0 Å². The molecule has 1 aliphatic rings. The summed E-state index contributed by atoms with van der Waals surface area (Å²) in [5, 5.41) is 5.29. The molecule has 0 aliphatic carbocycles. The predicted molar refractivity (Wildman–Crippen MR) is 120 cm³/mol. The molecule has 0 saturated carbocycles. The minimum atomic E-state index is 0.520. The zero-order valence-corrected chi connectivity index (χ0v) is 17.9. The number of hydrogen-bond donors (Lipinski definition) is 1. The third kappa shape index (κ3) is 4.42. The lowest BCUT2D eigenvalue weighted by Gasteiger charge is -2.26. The summed E-state index contributed by atoms with van der Waals surface area (Å²) in [7, 11) is 0. The SMILES string of the molecule is Cc1ccc(CNc2ncc(-c3ccnc(N4CCOCC4)n3)c(-c3cccs3)n2)o1. The highest BCUT2D eigenvalue weighted by Crippen LogP contribution is 2.33. The van der Waals surface area contributed by atoms with Crippen LogP contribution in [0.2, 0.25) is 0 Å². The van der Waals surface area contributed by atoms with Crippen molar-refractivity contribution in [2.45, 2.75) is 13.5 Å². The topological polar surface area (TPSA) is 89.2 Å². The summed E-state index contributed by atoms with van der Waals surface area (Å²) in [6, 6.07) is 9.87. The van der Waals surface area contributed by atoms with Gasteiger partial charge in [-0.05, 0) is 36.6 Å². The van der Waals surface area contributed by atoms with E-state index >= 15 is 0 Å². The van der Waals surface area contributed by atoms with Gasteiger partial charge in [-0.15, -0.1) is 11.3 Å². The number of aryl methyl sites for hydroxylation is 1. The summed E-state index contributed by atoms with van der Waals surface area (Å²) in [5.74, 6) is 2.97. The van der Waals surface area contributed by atoms with E-state index in [4.69, 9.17) is 19.1 Å². The fourth-order valence-electron chi connectivity index (χ4n) is 3.42. The summed E-state index contributed by atoms with van der Waals surface area (Å²) < 4.78 is 11.1. The first-order valence-corrected chi connectivity index (χ1v) is 11.0. The van der Waals surface area contributed by atoms with Crippen LogP contribution in [0.4, 0.5) is 11.9 Å². The summed E-state index contributed by atoms with van der Waals surface area (Å²) in [6.07, 6.45) is 3.61. The first kappa shape index (κ1) is 19.7. The first-order valence-electron chi connectivity index (χ1n) is 10.1. The molecule has 0 aromatic carbocycles. The monoisotopic (exact) mass is 434 g/mol. The van der Waals surface area contributed by atoms with Gasteiger partial charge in [0.2, 0.25) is 11.9 Å². The van der Waals surface area contributed by atoms with Gasteiger partial charge in [0.1, 0.15) is 11.5 Å². The lowest BCUT2D eigenvalue weighted by atomic mass is 10.1. The van der Waals surface area contributed by atoms with Crippen LogP contribution in [-0.4, -0.2) is 46.2 Å². The molecular formula is C22H22N6O2S. The molecule has 0 bridgehead atoms. The Morgan fingerprint density at radius 3 is 2.77 bits per heavy atom. The van der Waals surface area contributed by atoms with Crippen LogP contribution in [0.15, 0.2) is 52.5 Å². The first-order chi connectivity index (χ1) is 15.3. The standard InChI is InChI=1S/C22H22N6O2S/c1-15-4-5-16(30-15)13-24-21-25-14-17(20(27-21)19-3-2-12-31-19)18-6-7-23-22(26-18)28-8-10-29-11-9-28/h2-7,12,14H,8-11,13H2,1H3,(H,24,25,27). The Morgan fingerprint density at radius 1 is 1.10 bits per heavy atom. The highest BCUT2D eigenvalue weighted by Gasteiger charge is 2.18. The zero-order chi connectivity index (χ0) is 21.0. The van der Waals surface area contributed by atoms with Crippen LogP contribution >= 0.6 is 11.3 Å². The predicted octanol–water partition coefficient (Wildman–Crippen LogP) is 4.01. The highest BCUT2D eigenvalue weighted by atomic mass is 32.1. The zero-order valence-electron chi connectivity index (χ0n) is 17.1. The van der Waals surface area contributed by atoms with Crippen LogP contribution in [0, 0.1) is 6.92 Å². The minimum Gasteiger partial charge on any atom is -0.465 e. The van der Waals surface area contributed by atoms with Crippen molar-refractivity contribution >= 4 is 23.2 Å². The van der Waals surface area contributed by atoms with Crippen LogP contribution < -0.4 is 10.2 Å². The summed E-state index contributed by atoms with van der Waals surface area (Å²) in [6.45, 7) is 5.39. The van der Waals surface area contributed by atoms with E-state index in [2.05, 4.69) is 26.3 Å². The molecule has 158 valence electrons. The van der Waals surface area contributed by atoms with Crippen molar-refractivity contribution in [2.75, 3.05) is 36.5 Å². The largest absolute Gasteiger partial charge is 0.465 e. The summed E-state index contributed by atoms with van der Waals surface area (Å²) in [5.41, 5.74) is 2.52. The van der Waals surface area contributed by atoms with Gasteiger partial charge in [0, 0.05) is 31.0 Å². The molecule has 4 aromatic rings. The average Bonchev–Trinajstić information content (AvgIpc) is 3.50. The van der Waals surface area contributed by atoms with E-state index in [0.717, 1.165) is 46.4 Å². The van der Waals surface area contributed by atoms with E-state index < -0.39 is 0 Å². The average molecular weight is 435 g/mol. The fraction of sp³-hybridized carbons (Fsp3) is 0.273. The van der Waals surface area contributed by atoms with E-state index in [0.29, 0.717) is 31.7 Å². The molecule has 4 aromatic heterocycles. The van der Waals surface area contributed by atoms with Gasteiger partial charge in [-0.1, -0.05) is 6.07 Å². The molecule has 9 heteroatoms. The van der Waals surface area contributed by atoms with Gasteiger partial charge >= 0.3 is 0 Å². The molecule has 31 heavy (non-hydrogen) atoms. The maximum Gasteiger partial charge on any atom is 0.226 e. The number of aromatic nitrogens is 4. The molecular weight excluding hydrogens is 412 g/mol. The van der Waals surface area contributed by atoms with Crippen molar-refractivity contribution in [3.8, 4) is 21.8 Å². The second-order valence-corrected chi connectivity index (χ2v) is 8.09. The van der Waals surface area contributed by atoms with Crippen molar-refractivity contribution in [1.29, 1.82) is 0 Å². The maximum absolute atomic E-state index is 5.63. The molecule has 5 rings (SSSR count). The lowest BCUT2D eigenvalue weighted by Crippen LogP contribution is -2.37. The molecule has 0 atom stereocenters. The minimum absolute atomic E-state index is 0.520. The number of ether oxygens (including phenoxy) is 1. The molecule has 8 nitrogen and oxygen atoms in total. The molecule has 0 radical (unpaired) electrons. The van der Waals surface area contributed by atoms with Gasteiger partial charge in [0.15, 0.2) is 0 Å². The van der Waals surface area contributed by atoms with Gasteiger partial charge in [-0.3, -0.25) is 0 Å². The van der Waals surface area contributed by atoms with Crippen molar-refractivity contribution in [3.63, 3.8) is 0 Å². The van der Waals surface area contributed by atoms with Crippen molar-refractivity contribution in [1.82, 2.24) is 19.9 Å². The van der Waals surface area contributed by atoms with Crippen LogP contribution in [0.25, 0.3) is 21.8 Å². The second kappa shape index (κ2) is 8.83. The van der Waals surface area contributed by atoms with E-state index in [9.17, 15) is 0 Å². The van der Waals surface area contributed by atoms with Gasteiger partial charge in [0.05, 0.1) is 36.0 Å². The van der Waals surface area contributed by atoms with Gasteiger partial charge in [-0.25, -0.2) is 19.9 Å². The summed E-state index contributed by atoms with van der Waals surface area (Å²) >= 11 is 1.64. The molecule has 0 amide bonds. The van der Waals surface area contributed by atoms with Gasteiger partial charge in [0.25, 0.3) is 0 Å². The van der Waals surface area contributed by atoms with Gasteiger partial charge in [-0.2, -0.15) is 0 Å². The van der Waals surface area contributed by atoms with Crippen molar-refractivity contribution < 1.29 is 9.15 Å². The van der Waals surface area contributed by atoms with Crippen molar-refractivity contribution in [3.05, 3.63) is 59.6 Å². The molecule has 0 spiro atoms. The van der Waals surface area contributed by atoms with E-state index in [1.54, 1.807) is 17.5 Å². The van der Waals surface area contributed by atoms with E-state index in [-0.39, 0.29) is 0 Å². The number of nitrogens with one attached hydrogen (secondary N) is 1. The van der Waals surface area contributed by atoms with Crippen molar-refractivity contribution in [2.24, 2.45) is 0 Å². The Balaban J connectivity index is 1.46. The summed E-state index contributed by atoms with van der Waals surface area (Å²) in [4.78, 5) is 21.8. The Morgan fingerprint density at radius 2 is 2.00 bits per heavy atom. The smallest absolute Gasteiger partial charge is 0.226 e. The van der Waals surface area contributed by atoms with E-state index in [1.807, 2.05) is 42.8 Å². The highest BCUT2D eigenvalue weighted by molar-refractivity contribution is 7.13. The van der Waals surface area contributed by atoms with Crippen LogP contribution in [0.1, 0.15) is 11.5 Å². The molecule has 0 unspecified atom stereocenters. The Hall–Kier alpha value is -3.30. The fourth-order valence-corrected chi connectivity index (χ4v) is 4.14. The Labute approximate surface area is 184 Å². The van der Waals surface area contributed by atoms with Crippen LogP contribution in [0.3, 0.4) is 0 Å². The maximum atomic E-state index is 5.63. The number of nitrogens with zero attached hydrogens (tertiary/aromatic N) is 5. The molecule has 1 aliphatic heterocycles. The number of hydrogen-bond acceptors (Lipinski definition) is 9. The Bertz CT molecular complexity index is 1150. The number of rotatable bonds is 6. The van der Waals surface area contributed by atoms with Crippen LogP contribution in [-0.2, 0) is 11.3 Å². The Kier molecular flexibility index (Phi) is 5.59. The van der Waals surface area contributed by atoms with Gasteiger partial charge < -0.3 is 19.4 Å². The number of morpholine rings is 1. The van der Waals surface area contributed by atoms with E-state index in [1.165, 1.54) is 0 Å². The molecule has 1 saturated heterocycles. The second-order valence-electron chi connectivity index (χ2n) is 7.14. The lowest BCUT2D eigenvalue weighted by molar-refractivity contribution is 0.122. The number of furan rings is 1. The third-order valence-electron chi connectivity index (χ3n) is 4.97. The quantitative estimate of drug-likeness (QED) is 0.487. The molecule has 1 N–H and O–H groups in total. The number of thiophene rings is 1. The third-order valence-corrected chi connectivity index (χ3v) is 5.85. The number of anilines is 2. The molecule has 1 fully saturated rings.